The van der Waals surface area contributed by atoms with Gasteiger partial charge in [0, 0.05) is 33.1 Å². The Kier molecular flexibility index (Phi) is 9.79. The zero-order chi connectivity index (χ0) is 20.2. The number of ether oxygens (including phenoxy) is 2. The molecule has 1 fully saturated rings. The largest absolute Gasteiger partial charge is 0.493 e. The summed E-state index contributed by atoms with van der Waals surface area (Å²) in [4.78, 5) is 26.6. The van der Waals surface area contributed by atoms with E-state index in [-0.39, 0.29) is 12.5 Å². The fraction of sp³-hybridized carbons (Fsp3) is 0.500. The topological polar surface area (TPSA) is 72.2 Å². The zero-order valence-corrected chi connectivity index (χ0v) is 16.7. The Morgan fingerprint density at radius 1 is 1.22 bits per heavy atom. The van der Waals surface area contributed by atoms with Gasteiger partial charge in [0.1, 0.15) is 6.61 Å². The lowest BCUT2D eigenvalue weighted by Crippen LogP contribution is -2.50. The lowest BCUT2D eigenvalue weighted by Gasteiger charge is -2.33. The Balaban J connectivity index is 0.00000114. The van der Waals surface area contributed by atoms with E-state index in [9.17, 15) is 9.59 Å². The third-order valence-electron chi connectivity index (χ3n) is 3.68. The summed E-state index contributed by atoms with van der Waals surface area (Å²) in [5, 5.41) is 0. The van der Waals surface area contributed by atoms with Gasteiger partial charge in [-0.3, -0.25) is 4.79 Å². The number of furan rings is 1. The lowest BCUT2D eigenvalue weighted by atomic mass is 10.2. The normalized spacial score (nSPS) is 14.1. The second-order valence-corrected chi connectivity index (χ2v) is 6.10. The smallest absolute Gasteiger partial charge is 0.410 e. The summed E-state index contributed by atoms with van der Waals surface area (Å²) in [6, 6.07) is 3.52. The Morgan fingerprint density at radius 2 is 1.81 bits per heavy atom. The van der Waals surface area contributed by atoms with E-state index < -0.39 is 6.09 Å². The first-order valence-electron chi connectivity index (χ1n) is 9.07. The molecule has 7 heteroatoms. The maximum absolute atomic E-state index is 12.1. The number of hydrogen-bond donors (Lipinski definition) is 0. The molecular formula is C20H30N2O5. The molecule has 7 nitrogen and oxygen atoms in total. The van der Waals surface area contributed by atoms with Crippen molar-refractivity contribution in [2.75, 3.05) is 39.9 Å². The number of methoxy groups -OCH3 is 1. The van der Waals surface area contributed by atoms with Crippen molar-refractivity contribution < 1.29 is 23.5 Å². The number of rotatable bonds is 5. The second-order valence-electron chi connectivity index (χ2n) is 6.10. The molecule has 0 N–H and O–H groups in total. The summed E-state index contributed by atoms with van der Waals surface area (Å²) in [7, 11) is 1.53. The highest BCUT2D eigenvalue weighted by molar-refractivity contribution is 5.74. The number of piperazine rings is 1. The molecule has 27 heavy (non-hydrogen) atoms. The molecule has 2 heterocycles. The molecule has 0 radical (unpaired) electrons. The summed E-state index contributed by atoms with van der Waals surface area (Å²) in [5.41, 5.74) is 0.582. The molecule has 0 unspecified atom stereocenters. The molecule has 0 bridgehead atoms. The first-order chi connectivity index (χ1) is 12.9. The molecule has 1 aromatic heterocycles. The molecule has 2 rings (SSSR count). The van der Waals surface area contributed by atoms with Crippen molar-refractivity contribution in [3.63, 3.8) is 0 Å². The van der Waals surface area contributed by atoms with Gasteiger partial charge in [0.15, 0.2) is 11.5 Å². The summed E-state index contributed by atoms with van der Waals surface area (Å²) < 4.78 is 15.8. The molecule has 1 aliphatic heterocycles. The Morgan fingerprint density at radius 3 is 2.30 bits per heavy atom. The van der Waals surface area contributed by atoms with Gasteiger partial charge in [-0.1, -0.05) is 26.8 Å². The van der Waals surface area contributed by atoms with Crippen LogP contribution in [0.15, 0.2) is 41.0 Å². The third-order valence-corrected chi connectivity index (χ3v) is 3.68. The average Bonchev–Trinajstić information content (AvgIpc) is 3.19. The van der Waals surface area contributed by atoms with E-state index >= 15 is 0 Å². The maximum Gasteiger partial charge on any atom is 0.410 e. The fourth-order valence-electron chi connectivity index (χ4n) is 2.33. The van der Waals surface area contributed by atoms with Gasteiger partial charge in [0.25, 0.3) is 0 Å². The first kappa shape index (κ1) is 22.3. The van der Waals surface area contributed by atoms with Crippen LogP contribution in [0.2, 0.25) is 0 Å². The van der Waals surface area contributed by atoms with Crippen molar-refractivity contribution in [2.24, 2.45) is 0 Å². The predicted octanol–water partition coefficient (Wildman–Crippen LogP) is 3.54. The van der Waals surface area contributed by atoms with Crippen LogP contribution in [0.25, 0.3) is 5.76 Å². The second kappa shape index (κ2) is 11.8. The number of amides is 2. The Labute approximate surface area is 161 Å². The van der Waals surface area contributed by atoms with Crippen molar-refractivity contribution in [1.29, 1.82) is 0 Å². The van der Waals surface area contributed by atoms with E-state index in [1.165, 1.54) is 20.5 Å². The van der Waals surface area contributed by atoms with E-state index in [1.54, 1.807) is 34.3 Å². The van der Waals surface area contributed by atoms with Crippen LogP contribution in [0.1, 0.15) is 33.0 Å². The minimum Gasteiger partial charge on any atom is -0.493 e. The van der Waals surface area contributed by atoms with E-state index in [0.717, 1.165) is 0 Å². The fourth-order valence-corrected chi connectivity index (χ4v) is 2.33. The molecule has 150 valence electrons. The van der Waals surface area contributed by atoms with E-state index in [4.69, 9.17) is 13.9 Å². The molecule has 0 atom stereocenters. The number of carbonyl (C=O) groups is 2. The summed E-state index contributed by atoms with van der Waals surface area (Å²) in [5.74, 6) is 1.10. The molecule has 2 amide bonds. The monoisotopic (exact) mass is 378 g/mol. The number of hydrogen-bond acceptors (Lipinski definition) is 5. The van der Waals surface area contributed by atoms with Crippen LogP contribution >= 0.6 is 0 Å². The van der Waals surface area contributed by atoms with Crippen LogP contribution in [0, 0.1) is 0 Å². The molecule has 1 aromatic rings. The van der Waals surface area contributed by atoms with Crippen LogP contribution in [-0.4, -0.2) is 61.7 Å². The summed E-state index contributed by atoms with van der Waals surface area (Å²) >= 11 is 0. The van der Waals surface area contributed by atoms with Crippen LogP contribution in [-0.2, 0) is 14.3 Å². The number of nitrogens with zero attached hydrogens (tertiary/aromatic N) is 2. The minimum atomic E-state index is -0.412. The standard InChI is InChI=1S/C17H22N2O5.C3H8/c1-13(11-16(22-3)15-5-4-10-23-15)12-24-17(21)19-8-6-18(7-9-19)14(2)20;1-3-2/h4-5,10-11H,1,6-9,12H2,2-3H3;3H2,1-2H3/b16-11-;. The third kappa shape index (κ3) is 7.60. The van der Waals surface area contributed by atoms with Gasteiger partial charge in [0.2, 0.25) is 5.91 Å². The van der Waals surface area contributed by atoms with E-state index in [0.29, 0.717) is 43.3 Å². The quantitative estimate of drug-likeness (QED) is 0.579. The van der Waals surface area contributed by atoms with E-state index in [2.05, 4.69) is 20.4 Å². The lowest BCUT2D eigenvalue weighted by molar-refractivity contribution is -0.130. The molecule has 1 saturated heterocycles. The highest BCUT2D eigenvalue weighted by Gasteiger charge is 2.23. The van der Waals surface area contributed by atoms with Gasteiger partial charge in [-0.15, -0.1) is 0 Å². The molecule has 0 spiro atoms. The van der Waals surface area contributed by atoms with Crippen molar-refractivity contribution in [2.45, 2.75) is 27.2 Å². The average molecular weight is 378 g/mol. The van der Waals surface area contributed by atoms with Gasteiger partial charge in [-0.25, -0.2) is 4.79 Å². The molecule has 0 aliphatic carbocycles. The SMILES string of the molecule is C=C(/C=C(\OC)c1ccco1)COC(=O)N1CCN(C(C)=O)CC1.CCC. The van der Waals surface area contributed by atoms with Crippen molar-refractivity contribution >= 4 is 17.8 Å². The first-order valence-corrected chi connectivity index (χ1v) is 9.07. The van der Waals surface area contributed by atoms with Crippen LogP contribution in [0.3, 0.4) is 0 Å². The highest BCUT2D eigenvalue weighted by Crippen LogP contribution is 2.17. The van der Waals surface area contributed by atoms with Gasteiger partial charge in [0.05, 0.1) is 13.4 Å². The molecule has 1 aliphatic rings. The summed E-state index contributed by atoms with van der Waals surface area (Å²) in [6.07, 6.45) is 4.05. The van der Waals surface area contributed by atoms with Gasteiger partial charge >= 0.3 is 6.09 Å². The predicted molar refractivity (Wildman–Crippen MR) is 104 cm³/mol. The van der Waals surface area contributed by atoms with Crippen LogP contribution < -0.4 is 0 Å². The molecule has 0 saturated carbocycles. The van der Waals surface area contributed by atoms with E-state index in [1.807, 2.05) is 0 Å². The van der Waals surface area contributed by atoms with Crippen LogP contribution in [0.5, 0.6) is 0 Å². The maximum atomic E-state index is 12.1. The van der Waals surface area contributed by atoms with Gasteiger partial charge in [-0.05, 0) is 23.8 Å². The van der Waals surface area contributed by atoms with Gasteiger partial charge < -0.3 is 23.7 Å². The van der Waals surface area contributed by atoms with Gasteiger partial charge in [-0.2, -0.15) is 0 Å². The highest BCUT2D eigenvalue weighted by atomic mass is 16.6. The Bertz CT molecular complexity index is 629. The minimum absolute atomic E-state index is 0.0200. The van der Waals surface area contributed by atoms with Crippen molar-refractivity contribution in [1.82, 2.24) is 9.80 Å². The summed E-state index contributed by atoms with van der Waals surface area (Å²) in [6.45, 7) is 11.7. The van der Waals surface area contributed by atoms with Crippen LogP contribution in [0.4, 0.5) is 4.79 Å². The van der Waals surface area contributed by atoms with Crippen molar-refractivity contribution in [3.8, 4) is 0 Å². The zero-order valence-electron chi connectivity index (χ0n) is 16.7. The molecular weight excluding hydrogens is 348 g/mol. The Hall–Kier alpha value is -2.70. The number of carbonyl (C=O) groups excluding carboxylic acids is 2. The van der Waals surface area contributed by atoms with Crippen molar-refractivity contribution in [3.05, 3.63) is 42.4 Å². The molecule has 0 aromatic carbocycles.